The maximum Gasteiger partial charge on any atom is 0.405 e. The molecule has 6 heteroatoms. The summed E-state index contributed by atoms with van der Waals surface area (Å²) in [7, 11) is 0. The fourth-order valence-electron chi connectivity index (χ4n) is 1.83. The number of aliphatic hydroxyl groups excluding tert-OH is 1. The van der Waals surface area contributed by atoms with Crippen LogP contribution in [0.25, 0.3) is 0 Å². The Kier molecular flexibility index (Phi) is 4.12. The summed E-state index contributed by atoms with van der Waals surface area (Å²) in [6.07, 6.45) is -0.681. The predicted octanol–water partition coefficient (Wildman–Crippen LogP) is 0.219. The maximum absolute atomic E-state index is 12.0. The van der Waals surface area contributed by atoms with Crippen molar-refractivity contribution in [3.05, 3.63) is 0 Å². The van der Waals surface area contributed by atoms with Gasteiger partial charge in [-0.15, -0.1) is 0 Å². The normalized spacial score (nSPS) is 22.2. The number of nitrogens with zero attached hydrogens (tertiary/aromatic N) is 1. The summed E-state index contributed by atoms with van der Waals surface area (Å²) in [6, 6.07) is -0.787. The Balaban J connectivity index is 2.70. The molecule has 1 heterocycles. The van der Waals surface area contributed by atoms with Crippen LogP contribution in [-0.4, -0.2) is 45.9 Å². The molecule has 0 aromatic carbocycles. The molecule has 0 aromatic heterocycles. The molecule has 0 saturated carbocycles. The number of aliphatic hydroxyl groups is 1. The smallest absolute Gasteiger partial charge is 0.405 e. The number of carbonyl (C=O) groups is 2. The zero-order valence-electron chi connectivity index (χ0n) is 9.51. The molecule has 0 spiro atoms. The van der Waals surface area contributed by atoms with Gasteiger partial charge in [-0.25, -0.2) is 4.79 Å². The van der Waals surface area contributed by atoms with Gasteiger partial charge in [-0.05, 0) is 18.8 Å². The summed E-state index contributed by atoms with van der Waals surface area (Å²) in [4.78, 5) is 23.9. The van der Waals surface area contributed by atoms with Gasteiger partial charge in [0.25, 0.3) is 0 Å². The maximum atomic E-state index is 12.0. The number of rotatable bonds is 3. The molecule has 0 aromatic rings. The lowest BCUT2D eigenvalue weighted by atomic mass is 10.0. The molecule has 0 aliphatic carbocycles. The third-order valence-electron chi connectivity index (χ3n) is 2.72. The van der Waals surface area contributed by atoms with Gasteiger partial charge < -0.3 is 20.4 Å². The van der Waals surface area contributed by atoms with E-state index >= 15 is 0 Å². The molecular formula is C10H18N2O4. The summed E-state index contributed by atoms with van der Waals surface area (Å²) in [5, 5.41) is 20.4. The molecule has 1 aliphatic heterocycles. The van der Waals surface area contributed by atoms with Crippen LogP contribution in [0, 0.1) is 5.92 Å². The van der Waals surface area contributed by atoms with E-state index in [4.69, 9.17) is 5.11 Å². The van der Waals surface area contributed by atoms with Crippen molar-refractivity contribution in [1.82, 2.24) is 10.2 Å². The average molecular weight is 230 g/mol. The number of carbonyl (C=O) groups excluding carboxylic acids is 1. The van der Waals surface area contributed by atoms with Gasteiger partial charge in [0.2, 0.25) is 5.91 Å². The summed E-state index contributed by atoms with van der Waals surface area (Å²) in [5.74, 6) is -0.487. The van der Waals surface area contributed by atoms with Crippen LogP contribution in [-0.2, 0) is 4.79 Å². The van der Waals surface area contributed by atoms with Crippen LogP contribution >= 0.6 is 0 Å². The van der Waals surface area contributed by atoms with Crippen molar-refractivity contribution in [2.75, 3.05) is 6.54 Å². The highest BCUT2D eigenvalue weighted by Crippen LogP contribution is 2.17. The Morgan fingerprint density at radius 2 is 2.06 bits per heavy atom. The zero-order chi connectivity index (χ0) is 12.3. The number of nitrogens with one attached hydrogen (secondary N) is 1. The lowest BCUT2D eigenvalue weighted by Gasteiger charge is -2.27. The Hall–Kier alpha value is -1.30. The van der Waals surface area contributed by atoms with Gasteiger partial charge in [0.05, 0.1) is 0 Å². The summed E-state index contributed by atoms with van der Waals surface area (Å²) in [5.41, 5.74) is 0. The van der Waals surface area contributed by atoms with Gasteiger partial charge in [0, 0.05) is 6.54 Å². The Bertz CT molecular complexity index is 280. The number of carboxylic acid groups (broad SMARTS) is 1. The van der Waals surface area contributed by atoms with E-state index in [0.29, 0.717) is 13.0 Å². The van der Waals surface area contributed by atoms with Crippen LogP contribution in [0.4, 0.5) is 4.79 Å². The molecule has 0 radical (unpaired) electrons. The molecule has 1 saturated heterocycles. The highest BCUT2D eigenvalue weighted by molar-refractivity contribution is 5.85. The molecule has 1 fully saturated rings. The highest BCUT2D eigenvalue weighted by atomic mass is 16.4. The van der Waals surface area contributed by atoms with E-state index in [0.717, 1.165) is 6.42 Å². The predicted molar refractivity (Wildman–Crippen MR) is 56.7 cm³/mol. The van der Waals surface area contributed by atoms with E-state index in [1.807, 2.05) is 0 Å². The molecule has 1 rings (SSSR count). The fourth-order valence-corrected chi connectivity index (χ4v) is 1.83. The van der Waals surface area contributed by atoms with Crippen molar-refractivity contribution < 1.29 is 19.8 Å². The number of likely N-dealkylation sites (tertiary alicyclic amines) is 1. The third-order valence-corrected chi connectivity index (χ3v) is 2.72. The lowest BCUT2D eigenvalue weighted by Crippen LogP contribution is -2.52. The zero-order valence-corrected chi connectivity index (χ0v) is 9.51. The molecule has 2 amide bonds. The summed E-state index contributed by atoms with van der Waals surface area (Å²) in [6.45, 7) is 4.02. The van der Waals surface area contributed by atoms with Crippen molar-refractivity contribution in [2.24, 2.45) is 5.92 Å². The van der Waals surface area contributed by atoms with E-state index in [9.17, 15) is 14.7 Å². The minimum absolute atomic E-state index is 0.142. The van der Waals surface area contributed by atoms with Crippen molar-refractivity contribution in [3.63, 3.8) is 0 Å². The van der Waals surface area contributed by atoms with E-state index in [2.05, 4.69) is 5.32 Å². The molecule has 6 nitrogen and oxygen atoms in total. The largest absolute Gasteiger partial charge is 0.465 e. The SMILES string of the molecule is CC(C)[C@H](NC(=O)O)C(=O)N1CCC[C@H]1O. The van der Waals surface area contributed by atoms with E-state index in [-0.39, 0.29) is 11.8 Å². The quantitative estimate of drug-likeness (QED) is 0.647. The minimum atomic E-state index is -1.22. The topological polar surface area (TPSA) is 89.9 Å². The molecule has 0 unspecified atom stereocenters. The van der Waals surface area contributed by atoms with Crippen LogP contribution < -0.4 is 5.32 Å². The lowest BCUT2D eigenvalue weighted by molar-refractivity contribution is -0.141. The van der Waals surface area contributed by atoms with Crippen LogP contribution in [0.2, 0.25) is 0 Å². The van der Waals surface area contributed by atoms with Crippen LogP contribution in [0.15, 0.2) is 0 Å². The Morgan fingerprint density at radius 1 is 1.44 bits per heavy atom. The molecule has 92 valence electrons. The summed E-state index contributed by atoms with van der Waals surface area (Å²) < 4.78 is 0. The second-order valence-electron chi connectivity index (χ2n) is 4.33. The molecule has 0 bridgehead atoms. The van der Waals surface area contributed by atoms with Crippen molar-refractivity contribution in [2.45, 2.75) is 39.0 Å². The Morgan fingerprint density at radius 3 is 2.44 bits per heavy atom. The van der Waals surface area contributed by atoms with E-state index in [1.54, 1.807) is 13.8 Å². The third kappa shape index (κ3) is 2.85. The molecule has 3 N–H and O–H groups in total. The first-order valence-electron chi connectivity index (χ1n) is 5.41. The van der Waals surface area contributed by atoms with Crippen molar-refractivity contribution in [3.8, 4) is 0 Å². The second-order valence-corrected chi connectivity index (χ2v) is 4.33. The molecule has 1 aliphatic rings. The molecule has 16 heavy (non-hydrogen) atoms. The van der Waals surface area contributed by atoms with E-state index in [1.165, 1.54) is 4.90 Å². The number of hydrogen-bond donors (Lipinski definition) is 3. The molecular weight excluding hydrogens is 212 g/mol. The van der Waals surface area contributed by atoms with Crippen LogP contribution in [0.3, 0.4) is 0 Å². The Labute approximate surface area is 94.2 Å². The average Bonchev–Trinajstić information content (AvgIpc) is 2.59. The van der Waals surface area contributed by atoms with Crippen LogP contribution in [0.5, 0.6) is 0 Å². The first kappa shape index (κ1) is 12.8. The minimum Gasteiger partial charge on any atom is -0.465 e. The van der Waals surface area contributed by atoms with Gasteiger partial charge in [-0.3, -0.25) is 4.79 Å². The monoisotopic (exact) mass is 230 g/mol. The molecule has 2 atom stereocenters. The standard InChI is InChI=1S/C10H18N2O4/c1-6(2)8(11-10(15)16)9(14)12-5-3-4-7(12)13/h6-8,11,13H,3-5H2,1-2H3,(H,15,16)/t7-,8+/m1/s1. The van der Waals surface area contributed by atoms with E-state index < -0.39 is 18.4 Å². The van der Waals surface area contributed by atoms with Crippen molar-refractivity contribution in [1.29, 1.82) is 0 Å². The van der Waals surface area contributed by atoms with Gasteiger partial charge in [-0.1, -0.05) is 13.8 Å². The first-order valence-corrected chi connectivity index (χ1v) is 5.41. The first-order chi connectivity index (χ1) is 7.43. The highest BCUT2D eigenvalue weighted by Gasteiger charge is 2.34. The van der Waals surface area contributed by atoms with Gasteiger partial charge >= 0.3 is 6.09 Å². The van der Waals surface area contributed by atoms with Gasteiger partial charge in [0.15, 0.2) is 0 Å². The van der Waals surface area contributed by atoms with Crippen molar-refractivity contribution >= 4 is 12.0 Å². The van der Waals surface area contributed by atoms with Gasteiger partial charge in [-0.2, -0.15) is 0 Å². The number of hydrogen-bond acceptors (Lipinski definition) is 3. The second kappa shape index (κ2) is 5.16. The van der Waals surface area contributed by atoms with Gasteiger partial charge in [0.1, 0.15) is 12.3 Å². The number of amides is 2. The fraction of sp³-hybridized carbons (Fsp3) is 0.800. The summed E-state index contributed by atoms with van der Waals surface area (Å²) >= 11 is 0. The van der Waals surface area contributed by atoms with Crippen LogP contribution in [0.1, 0.15) is 26.7 Å².